The summed E-state index contributed by atoms with van der Waals surface area (Å²) in [5.41, 5.74) is 1.77. The first kappa shape index (κ1) is 21.2. The minimum absolute atomic E-state index is 0.242. The highest BCUT2D eigenvalue weighted by molar-refractivity contribution is 8.18. The normalized spacial score (nSPS) is 15.9. The van der Waals surface area contributed by atoms with Crippen LogP contribution >= 0.6 is 35.0 Å². The van der Waals surface area contributed by atoms with Gasteiger partial charge in [0.25, 0.3) is 5.91 Å². The zero-order chi connectivity index (χ0) is 21.8. The molecule has 0 aromatic heterocycles. The van der Waals surface area contributed by atoms with Gasteiger partial charge in [0.1, 0.15) is 5.75 Å². The summed E-state index contributed by atoms with van der Waals surface area (Å²) in [5, 5.41) is 4.23. The van der Waals surface area contributed by atoms with Gasteiger partial charge in [-0.15, -0.1) is 0 Å². The summed E-state index contributed by atoms with van der Waals surface area (Å²) in [5.74, 6) is -0.324. The Balaban J connectivity index is 1.44. The second kappa shape index (κ2) is 9.39. The average molecular weight is 469 g/mol. The van der Waals surface area contributed by atoms with Crippen LogP contribution in [-0.4, -0.2) is 17.0 Å². The van der Waals surface area contributed by atoms with Gasteiger partial charge in [-0.25, -0.2) is 9.79 Å². The van der Waals surface area contributed by atoms with E-state index in [1.165, 1.54) is 11.8 Å². The standard InChI is InChI=1S/C23H14Cl2N2O3S/c24-16-9-7-15(8-10-16)22(29)30-17-11-5-14(6-12-17)13-20-21(28)27-23(31-20)26-19-4-2-1-3-18(19)25/h1-13H,(H,26,27,28). The molecule has 4 rings (SSSR count). The van der Waals surface area contributed by atoms with Gasteiger partial charge in [-0.1, -0.05) is 47.5 Å². The molecule has 0 saturated carbocycles. The van der Waals surface area contributed by atoms with Crippen molar-refractivity contribution >= 4 is 63.8 Å². The molecule has 1 N–H and O–H groups in total. The number of nitrogens with zero attached hydrogens (tertiary/aromatic N) is 1. The Morgan fingerprint density at radius 3 is 2.39 bits per heavy atom. The van der Waals surface area contributed by atoms with Crippen molar-refractivity contribution in [2.24, 2.45) is 4.99 Å². The number of hydrogen-bond acceptors (Lipinski definition) is 5. The molecule has 0 unspecified atom stereocenters. The molecule has 0 spiro atoms. The van der Waals surface area contributed by atoms with Crippen LogP contribution in [0.5, 0.6) is 5.75 Å². The first-order chi connectivity index (χ1) is 15.0. The lowest BCUT2D eigenvalue weighted by molar-refractivity contribution is -0.115. The largest absolute Gasteiger partial charge is 0.423 e. The number of amidine groups is 1. The predicted molar refractivity (Wildman–Crippen MR) is 125 cm³/mol. The topological polar surface area (TPSA) is 67.8 Å². The number of esters is 1. The van der Waals surface area contributed by atoms with Crippen molar-refractivity contribution in [1.29, 1.82) is 0 Å². The third kappa shape index (κ3) is 5.35. The third-order valence-corrected chi connectivity index (χ3v) is 5.68. The molecule has 0 radical (unpaired) electrons. The number of carbonyl (C=O) groups is 2. The van der Waals surface area contributed by atoms with Gasteiger partial charge in [0.15, 0.2) is 5.17 Å². The SMILES string of the molecule is O=C1NC(=Nc2ccccc2Cl)SC1=Cc1ccc(OC(=O)c2ccc(Cl)cc2)cc1. The fourth-order valence-corrected chi connectivity index (χ4v) is 3.81. The minimum Gasteiger partial charge on any atom is -0.423 e. The van der Waals surface area contributed by atoms with E-state index in [9.17, 15) is 9.59 Å². The van der Waals surface area contributed by atoms with Crippen LogP contribution in [0.15, 0.2) is 82.7 Å². The van der Waals surface area contributed by atoms with Crippen LogP contribution in [0.25, 0.3) is 6.08 Å². The zero-order valence-corrected chi connectivity index (χ0v) is 18.2. The summed E-state index contributed by atoms with van der Waals surface area (Å²) in [6.07, 6.45) is 1.74. The van der Waals surface area contributed by atoms with Gasteiger partial charge >= 0.3 is 5.97 Å². The number of ether oxygens (including phenoxy) is 1. The van der Waals surface area contributed by atoms with E-state index in [1.807, 2.05) is 12.1 Å². The van der Waals surface area contributed by atoms with Gasteiger partial charge in [-0.3, -0.25) is 4.79 Å². The van der Waals surface area contributed by atoms with Crippen molar-refractivity contribution in [1.82, 2.24) is 5.32 Å². The second-order valence-electron chi connectivity index (χ2n) is 6.40. The third-order valence-electron chi connectivity index (χ3n) is 4.19. The molecular formula is C23H14Cl2N2O3S. The fraction of sp³-hybridized carbons (Fsp3) is 0. The maximum absolute atomic E-state index is 12.3. The number of amides is 1. The van der Waals surface area contributed by atoms with E-state index in [0.29, 0.717) is 37.1 Å². The van der Waals surface area contributed by atoms with E-state index in [-0.39, 0.29) is 5.91 Å². The Labute approximate surface area is 192 Å². The second-order valence-corrected chi connectivity index (χ2v) is 8.27. The van der Waals surface area contributed by atoms with Crippen LogP contribution in [0.3, 0.4) is 0 Å². The van der Waals surface area contributed by atoms with E-state index >= 15 is 0 Å². The number of benzene rings is 3. The first-order valence-electron chi connectivity index (χ1n) is 9.10. The zero-order valence-electron chi connectivity index (χ0n) is 15.8. The maximum atomic E-state index is 12.3. The lowest BCUT2D eigenvalue weighted by Gasteiger charge is -2.05. The van der Waals surface area contributed by atoms with Crippen LogP contribution in [-0.2, 0) is 4.79 Å². The molecule has 1 amide bonds. The number of aliphatic imine (C=N–C) groups is 1. The summed E-state index contributed by atoms with van der Waals surface area (Å²) < 4.78 is 5.36. The maximum Gasteiger partial charge on any atom is 0.343 e. The Hall–Kier alpha value is -3.06. The molecule has 1 aliphatic rings. The van der Waals surface area contributed by atoms with Gasteiger partial charge in [0.2, 0.25) is 0 Å². The van der Waals surface area contributed by atoms with E-state index in [2.05, 4.69) is 10.3 Å². The number of hydrogen-bond donors (Lipinski definition) is 1. The van der Waals surface area contributed by atoms with Crippen molar-refractivity contribution in [2.75, 3.05) is 0 Å². The van der Waals surface area contributed by atoms with Gasteiger partial charge in [-0.2, -0.15) is 0 Å². The van der Waals surface area contributed by atoms with E-state index in [4.69, 9.17) is 27.9 Å². The van der Waals surface area contributed by atoms with Crippen LogP contribution in [0, 0.1) is 0 Å². The summed E-state index contributed by atoms with van der Waals surface area (Å²) >= 11 is 13.2. The van der Waals surface area contributed by atoms with Crippen molar-refractivity contribution in [3.05, 3.63) is 98.9 Å². The van der Waals surface area contributed by atoms with Crippen LogP contribution < -0.4 is 10.1 Å². The Morgan fingerprint density at radius 1 is 0.968 bits per heavy atom. The molecule has 0 aliphatic carbocycles. The van der Waals surface area contributed by atoms with Gasteiger partial charge in [0, 0.05) is 5.02 Å². The Bertz CT molecular complexity index is 1210. The van der Waals surface area contributed by atoms with Crippen molar-refractivity contribution in [3.63, 3.8) is 0 Å². The quantitative estimate of drug-likeness (QED) is 0.285. The van der Waals surface area contributed by atoms with Crippen molar-refractivity contribution in [3.8, 4) is 5.75 Å². The molecule has 8 heteroatoms. The number of rotatable bonds is 4. The summed E-state index contributed by atoms with van der Waals surface area (Å²) in [7, 11) is 0. The number of halogens is 2. The molecular weight excluding hydrogens is 455 g/mol. The summed E-state index contributed by atoms with van der Waals surface area (Å²) in [6, 6.07) is 20.4. The Morgan fingerprint density at radius 2 is 1.68 bits per heavy atom. The lowest BCUT2D eigenvalue weighted by Crippen LogP contribution is -2.19. The highest BCUT2D eigenvalue weighted by atomic mass is 35.5. The molecule has 0 bridgehead atoms. The summed E-state index contributed by atoms with van der Waals surface area (Å²) in [6.45, 7) is 0. The molecule has 1 saturated heterocycles. The fourth-order valence-electron chi connectivity index (χ4n) is 2.67. The van der Waals surface area contributed by atoms with Gasteiger partial charge in [0.05, 0.1) is 21.2 Å². The number of carbonyl (C=O) groups excluding carboxylic acids is 2. The van der Waals surface area contributed by atoms with Crippen molar-refractivity contribution < 1.29 is 14.3 Å². The number of para-hydroxylation sites is 1. The average Bonchev–Trinajstić information content (AvgIpc) is 3.10. The van der Waals surface area contributed by atoms with E-state index in [1.54, 1.807) is 66.7 Å². The molecule has 31 heavy (non-hydrogen) atoms. The summed E-state index contributed by atoms with van der Waals surface area (Å²) in [4.78, 5) is 29.3. The molecule has 3 aromatic rings. The molecule has 1 aliphatic heterocycles. The minimum atomic E-state index is -0.478. The molecule has 0 atom stereocenters. The van der Waals surface area contributed by atoms with E-state index < -0.39 is 5.97 Å². The van der Waals surface area contributed by atoms with Gasteiger partial charge in [-0.05, 0) is 71.9 Å². The molecule has 1 fully saturated rings. The van der Waals surface area contributed by atoms with Gasteiger partial charge < -0.3 is 10.1 Å². The monoisotopic (exact) mass is 468 g/mol. The van der Waals surface area contributed by atoms with Crippen LogP contribution in [0.4, 0.5) is 5.69 Å². The van der Waals surface area contributed by atoms with Crippen LogP contribution in [0.1, 0.15) is 15.9 Å². The van der Waals surface area contributed by atoms with Crippen LogP contribution in [0.2, 0.25) is 10.0 Å². The molecule has 1 heterocycles. The van der Waals surface area contributed by atoms with Crippen molar-refractivity contribution in [2.45, 2.75) is 0 Å². The lowest BCUT2D eigenvalue weighted by atomic mass is 10.2. The predicted octanol–water partition coefficient (Wildman–Crippen LogP) is 6.10. The van der Waals surface area contributed by atoms with E-state index in [0.717, 1.165) is 5.56 Å². The molecule has 154 valence electrons. The first-order valence-corrected chi connectivity index (χ1v) is 10.7. The number of nitrogens with one attached hydrogen (secondary N) is 1. The smallest absolute Gasteiger partial charge is 0.343 e. The highest BCUT2D eigenvalue weighted by Gasteiger charge is 2.24. The number of thioether (sulfide) groups is 1. The molecule has 5 nitrogen and oxygen atoms in total. The highest BCUT2D eigenvalue weighted by Crippen LogP contribution is 2.31. The Kier molecular flexibility index (Phi) is 6.42. The molecule has 3 aromatic carbocycles.